The third-order valence-corrected chi connectivity index (χ3v) is 5.45. The molecule has 2 aromatic carbocycles. The maximum atomic E-state index is 13.8. The summed E-state index contributed by atoms with van der Waals surface area (Å²) in [6.07, 6.45) is 3.01. The molecule has 4 rings (SSSR count). The number of nitrogens with one attached hydrogen (secondary N) is 1. The Hall–Kier alpha value is -2.97. The lowest BCUT2D eigenvalue weighted by Crippen LogP contribution is -2.04. The van der Waals surface area contributed by atoms with Crippen molar-refractivity contribution in [1.82, 2.24) is 10.1 Å². The quantitative estimate of drug-likeness (QED) is 0.503. The van der Waals surface area contributed by atoms with Gasteiger partial charge < -0.3 is 9.26 Å². The molecular weight excluding hydrogens is 405 g/mol. The van der Waals surface area contributed by atoms with Gasteiger partial charge >= 0.3 is 0 Å². The summed E-state index contributed by atoms with van der Waals surface area (Å²) in [5, 5.41) is 5.25. The van der Waals surface area contributed by atoms with Crippen LogP contribution in [0.25, 0.3) is 22.0 Å². The van der Waals surface area contributed by atoms with Gasteiger partial charge in [-0.2, -0.15) is 0 Å². The summed E-state index contributed by atoms with van der Waals surface area (Å²) >= 11 is 5.96. The Morgan fingerprint density at radius 1 is 1.21 bits per heavy atom. The van der Waals surface area contributed by atoms with Gasteiger partial charge in [0, 0.05) is 29.3 Å². The summed E-state index contributed by atoms with van der Waals surface area (Å²) in [7, 11) is -0.0684. The Bertz CT molecular complexity index is 1180. The first-order chi connectivity index (χ1) is 13.6. The zero-order valence-electron chi connectivity index (χ0n) is 14.5. The molecule has 0 spiro atoms. The predicted octanol–water partition coefficient (Wildman–Crippen LogP) is 4.83. The normalized spacial score (nSPS) is 12.1. The van der Waals surface area contributed by atoms with Crippen molar-refractivity contribution in [3.63, 3.8) is 0 Å². The van der Waals surface area contributed by atoms with E-state index in [1.807, 2.05) is 0 Å². The summed E-state index contributed by atoms with van der Waals surface area (Å²) in [6, 6.07) is 11.4. The van der Waals surface area contributed by atoms with E-state index in [1.54, 1.807) is 36.5 Å². The molecule has 1 unspecified atom stereocenters. The van der Waals surface area contributed by atoms with Gasteiger partial charge in [0.05, 0.1) is 22.7 Å². The van der Waals surface area contributed by atoms with E-state index in [9.17, 15) is 8.60 Å². The van der Waals surface area contributed by atoms with Gasteiger partial charge in [0.2, 0.25) is 0 Å². The molecule has 9 heteroatoms. The largest absolute Gasteiger partial charge is 0.496 e. The second kappa shape index (κ2) is 7.57. The maximum absolute atomic E-state index is 13.8. The fourth-order valence-electron chi connectivity index (χ4n) is 2.79. The molecule has 0 fully saturated rings. The Morgan fingerprint density at radius 3 is 2.82 bits per heavy atom. The Morgan fingerprint density at radius 2 is 2.07 bits per heavy atom. The molecule has 0 saturated heterocycles. The fraction of sp³-hybridized carbons (Fsp3) is 0.0526. The SMILES string of the molecule is COc1cc(F)c(Cl)cc1-c1nccc2cc(S(=O)Nc3ccon3)ccc12. The first kappa shape index (κ1) is 18.4. The van der Waals surface area contributed by atoms with E-state index in [0.717, 1.165) is 10.8 Å². The average molecular weight is 418 g/mol. The van der Waals surface area contributed by atoms with Crippen molar-refractivity contribution in [2.24, 2.45) is 0 Å². The van der Waals surface area contributed by atoms with E-state index >= 15 is 0 Å². The number of hydrogen-bond acceptors (Lipinski definition) is 5. The van der Waals surface area contributed by atoms with Gasteiger partial charge in [-0.1, -0.05) is 22.8 Å². The topological polar surface area (TPSA) is 77.2 Å². The van der Waals surface area contributed by atoms with Crippen molar-refractivity contribution in [3.8, 4) is 17.0 Å². The Balaban J connectivity index is 1.78. The summed E-state index contributed by atoms with van der Waals surface area (Å²) < 4.78 is 39.1. The second-order valence-electron chi connectivity index (χ2n) is 5.76. The van der Waals surface area contributed by atoms with Crippen LogP contribution in [0, 0.1) is 5.82 Å². The van der Waals surface area contributed by atoms with E-state index in [-0.39, 0.29) is 5.02 Å². The molecule has 142 valence electrons. The smallest absolute Gasteiger partial charge is 0.181 e. The molecule has 0 bridgehead atoms. The van der Waals surface area contributed by atoms with E-state index < -0.39 is 16.8 Å². The van der Waals surface area contributed by atoms with Crippen LogP contribution in [-0.4, -0.2) is 21.5 Å². The molecule has 0 aliphatic carbocycles. The van der Waals surface area contributed by atoms with Crippen LogP contribution in [0.4, 0.5) is 10.2 Å². The first-order valence-electron chi connectivity index (χ1n) is 8.08. The summed E-state index contributed by atoms with van der Waals surface area (Å²) in [5.41, 5.74) is 1.15. The van der Waals surface area contributed by atoms with Gasteiger partial charge in [0.1, 0.15) is 17.8 Å². The number of fused-ring (bicyclic) bond motifs is 1. The highest BCUT2D eigenvalue weighted by molar-refractivity contribution is 7.86. The van der Waals surface area contributed by atoms with Crippen LogP contribution in [0.2, 0.25) is 5.02 Å². The number of rotatable bonds is 5. The van der Waals surface area contributed by atoms with Crippen LogP contribution >= 0.6 is 11.6 Å². The first-order valence-corrected chi connectivity index (χ1v) is 9.60. The van der Waals surface area contributed by atoms with Crippen LogP contribution in [0.5, 0.6) is 5.75 Å². The third-order valence-electron chi connectivity index (χ3n) is 4.08. The lowest BCUT2D eigenvalue weighted by molar-refractivity contribution is 0.413. The molecule has 6 nitrogen and oxygen atoms in total. The average Bonchev–Trinajstić information content (AvgIpc) is 3.21. The second-order valence-corrected chi connectivity index (χ2v) is 7.38. The molecule has 0 aliphatic rings. The monoisotopic (exact) mass is 417 g/mol. The van der Waals surface area contributed by atoms with E-state index in [0.29, 0.717) is 27.7 Å². The van der Waals surface area contributed by atoms with Gasteiger partial charge in [0.15, 0.2) is 16.8 Å². The van der Waals surface area contributed by atoms with Crippen LogP contribution in [0.15, 0.2) is 64.3 Å². The van der Waals surface area contributed by atoms with Crippen LogP contribution in [0.3, 0.4) is 0 Å². The van der Waals surface area contributed by atoms with Crippen molar-refractivity contribution >= 4 is 39.2 Å². The third kappa shape index (κ3) is 3.44. The van der Waals surface area contributed by atoms with Crippen molar-refractivity contribution in [2.75, 3.05) is 11.8 Å². The highest BCUT2D eigenvalue weighted by Gasteiger charge is 2.16. The number of methoxy groups -OCH3 is 1. The van der Waals surface area contributed by atoms with Crippen molar-refractivity contribution in [1.29, 1.82) is 0 Å². The van der Waals surface area contributed by atoms with E-state index in [2.05, 4.69) is 14.9 Å². The Labute approximate surface area is 166 Å². The van der Waals surface area contributed by atoms with Gasteiger partial charge in [-0.3, -0.25) is 9.71 Å². The molecule has 0 radical (unpaired) electrons. The molecule has 0 amide bonds. The minimum Gasteiger partial charge on any atom is -0.496 e. The maximum Gasteiger partial charge on any atom is 0.181 e. The van der Waals surface area contributed by atoms with Gasteiger partial charge in [-0.05, 0) is 29.7 Å². The molecular formula is C19H13ClFN3O3S. The van der Waals surface area contributed by atoms with Crippen LogP contribution < -0.4 is 9.46 Å². The number of aromatic nitrogens is 2. The summed E-state index contributed by atoms with van der Waals surface area (Å²) in [6.45, 7) is 0. The molecule has 4 aromatic rings. The van der Waals surface area contributed by atoms with E-state index in [4.69, 9.17) is 20.9 Å². The van der Waals surface area contributed by atoms with Crippen LogP contribution in [-0.2, 0) is 11.0 Å². The minimum atomic E-state index is -1.52. The number of nitrogens with zero attached hydrogens (tertiary/aromatic N) is 2. The number of hydrogen-bond donors (Lipinski definition) is 1. The molecule has 1 N–H and O–H groups in total. The number of benzene rings is 2. The van der Waals surface area contributed by atoms with Crippen LogP contribution in [0.1, 0.15) is 0 Å². The zero-order valence-corrected chi connectivity index (χ0v) is 16.1. The predicted molar refractivity (Wildman–Crippen MR) is 105 cm³/mol. The molecule has 28 heavy (non-hydrogen) atoms. The molecule has 0 saturated carbocycles. The van der Waals surface area contributed by atoms with Crippen molar-refractivity contribution in [3.05, 3.63) is 65.8 Å². The van der Waals surface area contributed by atoms with Gasteiger partial charge in [-0.25, -0.2) is 8.60 Å². The van der Waals surface area contributed by atoms with Crippen molar-refractivity contribution in [2.45, 2.75) is 4.90 Å². The highest BCUT2D eigenvalue weighted by atomic mass is 35.5. The summed E-state index contributed by atoms with van der Waals surface area (Å²) in [5.74, 6) is 0.126. The number of ether oxygens (including phenoxy) is 1. The van der Waals surface area contributed by atoms with Crippen molar-refractivity contribution < 1.29 is 17.9 Å². The summed E-state index contributed by atoms with van der Waals surface area (Å²) in [4.78, 5) is 4.97. The molecule has 0 aliphatic heterocycles. The highest BCUT2D eigenvalue weighted by Crippen LogP contribution is 2.37. The standard InChI is InChI=1S/C19H13ClFN3O3S/c1-26-17-10-16(21)15(20)9-14(17)19-13-3-2-12(8-11(13)4-6-22-19)28(25)24-18-5-7-27-23-18/h2-10H,1H3,(H,23,24). The lowest BCUT2D eigenvalue weighted by atomic mass is 10.0. The molecule has 2 heterocycles. The van der Waals surface area contributed by atoms with E-state index in [1.165, 1.54) is 25.5 Å². The fourth-order valence-corrected chi connectivity index (χ4v) is 3.79. The minimum absolute atomic E-state index is 0.0239. The zero-order chi connectivity index (χ0) is 19.7. The van der Waals surface area contributed by atoms with Gasteiger partial charge in [0.25, 0.3) is 0 Å². The Kier molecular flexibility index (Phi) is 4.97. The molecule has 1 atom stereocenters. The number of anilines is 1. The lowest BCUT2D eigenvalue weighted by Gasteiger charge is -2.12. The molecule has 2 aromatic heterocycles. The number of halogens is 2. The number of pyridine rings is 1. The van der Waals surface area contributed by atoms with Gasteiger partial charge in [-0.15, -0.1) is 0 Å².